The number of piperazine rings is 1. The molecule has 164 valence electrons. The lowest BCUT2D eigenvalue weighted by atomic mass is 10.2. The van der Waals surface area contributed by atoms with Gasteiger partial charge in [-0.15, -0.1) is 0 Å². The number of hydrogen-bond acceptors (Lipinski definition) is 4. The second-order valence-corrected chi connectivity index (χ2v) is 6.91. The fourth-order valence-corrected chi connectivity index (χ4v) is 3.15. The summed E-state index contributed by atoms with van der Waals surface area (Å²) in [6.07, 6.45) is 2.77. The van der Waals surface area contributed by atoms with Crippen molar-refractivity contribution in [2.75, 3.05) is 38.0 Å². The van der Waals surface area contributed by atoms with E-state index in [1.807, 2.05) is 4.90 Å². The fourth-order valence-electron chi connectivity index (χ4n) is 3.15. The molecule has 0 spiro atoms. The Morgan fingerprint density at radius 3 is 2.39 bits per heavy atom. The van der Waals surface area contributed by atoms with Crippen LogP contribution in [0.15, 0.2) is 54.6 Å². The standard InChI is InChI=1S/C22H22F3N3O3/c23-17-6-8-18(9-7-17)26-20(29)15-27-11-13-28(14-12-27)21(30)10-5-16-3-1-2-4-19(16)31-22(24)25/h1-10,22H,11-15H2,(H,26,29)/b10-5+. The first-order valence-corrected chi connectivity index (χ1v) is 9.69. The Bertz CT molecular complexity index is 927. The summed E-state index contributed by atoms with van der Waals surface area (Å²) in [5, 5.41) is 2.70. The van der Waals surface area contributed by atoms with Gasteiger partial charge in [-0.25, -0.2) is 4.39 Å². The van der Waals surface area contributed by atoms with Gasteiger partial charge in [-0.3, -0.25) is 14.5 Å². The summed E-state index contributed by atoms with van der Waals surface area (Å²) in [6, 6.07) is 11.7. The Labute approximate surface area is 177 Å². The van der Waals surface area contributed by atoms with E-state index in [-0.39, 0.29) is 29.9 Å². The van der Waals surface area contributed by atoms with Crippen LogP contribution in [0, 0.1) is 5.82 Å². The smallest absolute Gasteiger partial charge is 0.387 e. The summed E-state index contributed by atoms with van der Waals surface area (Å²) in [6.45, 7) is -0.889. The molecule has 1 fully saturated rings. The Morgan fingerprint density at radius 1 is 1.03 bits per heavy atom. The molecule has 1 heterocycles. The largest absolute Gasteiger partial charge is 0.434 e. The molecule has 0 aliphatic carbocycles. The third kappa shape index (κ3) is 6.85. The van der Waals surface area contributed by atoms with E-state index in [0.29, 0.717) is 37.4 Å². The number of benzene rings is 2. The predicted octanol–water partition coefficient (Wildman–Crippen LogP) is 3.22. The SMILES string of the molecule is O=C(CN1CCN(C(=O)/C=C/c2ccccc2OC(F)F)CC1)Nc1ccc(F)cc1. The van der Waals surface area contributed by atoms with Gasteiger partial charge in [0.15, 0.2) is 0 Å². The van der Waals surface area contributed by atoms with Crippen molar-refractivity contribution >= 4 is 23.6 Å². The van der Waals surface area contributed by atoms with Crippen LogP contribution in [0.1, 0.15) is 5.56 Å². The molecule has 6 nitrogen and oxygen atoms in total. The molecule has 1 aliphatic rings. The highest BCUT2D eigenvalue weighted by atomic mass is 19.3. The van der Waals surface area contributed by atoms with Crippen molar-refractivity contribution in [2.24, 2.45) is 0 Å². The summed E-state index contributed by atoms with van der Waals surface area (Å²) >= 11 is 0. The van der Waals surface area contributed by atoms with Crippen molar-refractivity contribution < 1.29 is 27.5 Å². The van der Waals surface area contributed by atoms with E-state index in [2.05, 4.69) is 10.1 Å². The summed E-state index contributed by atoms with van der Waals surface area (Å²) < 4.78 is 42.3. The number of ether oxygens (including phenoxy) is 1. The van der Waals surface area contributed by atoms with Crippen molar-refractivity contribution in [3.8, 4) is 5.75 Å². The molecule has 2 aromatic carbocycles. The molecule has 0 atom stereocenters. The third-order valence-corrected chi connectivity index (χ3v) is 4.72. The van der Waals surface area contributed by atoms with Gasteiger partial charge >= 0.3 is 6.61 Å². The van der Waals surface area contributed by atoms with E-state index >= 15 is 0 Å². The number of carbonyl (C=O) groups is 2. The minimum Gasteiger partial charge on any atom is -0.434 e. The highest BCUT2D eigenvalue weighted by Crippen LogP contribution is 2.21. The van der Waals surface area contributed by atoms with Crippen LogP contribution in [0.5, 0.6) is 5.75 Å². The Hall–Kier alpha value is -3.33. The Morgan fingerprint density at radius 2 is 1.71 bits per heavy atom. The zero-order valence-electron chi connectivity index (χ0n) is 16.6. The van der Waals surface area contributed by atoms with Crippen LogP contribution in [-0.2, 0) is 9.59 Å². The van der Waals surface area contributed by atoms with Gasteiger partial charge in [0.2, 0.25) is 11.8 Å². The highest BCUT2D eigenvalue weighted by Gasteiger charge is 2.21. The lowest BCUT2D eigenvalue weighted by molar-refractivity contribution is -0.127. The number of hydrogen-bond donors (Lipinski definition) is 1. The van der Waals surface area contributed by atoms with Gasteiger partial charge < -0.3 is 15.0 Å². The molecule has 3 rings (SSSR count). The van der Waals surface area contributed by atoms with E-state index in [9.17, 15) is 22.8 Å². The highest BCUT2D eigenvalue weighted by molar-refractivity contribution is 5.93. The van der Waals surface area contributed by atoms with Crippen molar-refractivity contribution in [3.63, 3.8) is 0 Å². The van der Waals surface area contributed by atoms with Gasteiger partial charge in [0, 0.05) is 43.5 Å². The van der Waals surface area contributed by atoms with Gasteiger partial charge in [-0.1, -0.05) is 18.2 Å². The molecule has 0 bridgehead atoms. The lowest BCUT2D eigenvalue weighted by Gasteiger charge is -2.33. The molecule has 2 aromatic rings. The predicted molar refractivity (Wildman–Crippen MR) is 110 cm³/mol. The first kappa shape index (κ1) is 22.4. The first-order chi connectivity index (χ1) is 14.9. The number of para-hydroxylation sites is 1. The second kappa shape index (κ2) is 10.6. The van der Waals surface area contributed by atoms with E-state index in [4.69, 9.17) is 0 Å². The summed E-state index contributed by atoms with van der Waals surface area (Å²) in [7, 11) is 0. The van der Waals surface area contributed by atoms with E-state index in [1.54, 1.807) is 23.1 Å². The van der Waals surface area contributed by atoms with E-state index in [0.717, 1.165) is 0 Å². The lowest BCUT2D eigenvalue weighted by Crippen LogP contribution is -2.50. The average molecular weight is 433 g/mol. The van der Waals surface area contributed by atoms with Crippen LogP contribution in [0.4, 0.5) is 18.9 Å². The molecule has 1 saturated heterocycles. The number of halogens is 3. The molecule has 0 unspecified atom stereocenters. The second-order valence-electron chi connectivity index (χ2n) is 6.91. The molecule has 2 amide bonds. The molecule has 31 heavy (non-hydrogen) atoms. The van der Waals surface area contributed by atoms with Gasteiger partial charge in [0.25, 0.3) is 0 Å². The van der Waals surface area contributed by atoms with Crippen LogP contribution in [0.25, 0.3) is 6.08 Å². The first-order valence-electron chi connectivity index (χ1n) is 9.69. The van der Waals surface area contributed by atoms with Crippen molar-refractivity contribution in [2.45, 2.75) is 6.61 Å². The molecule has 0 saturated carbocycles. The van der Waals surface area contributed by atoms with Crippen molar-refractivity contribution in [3.05, 3.63) is 66.0 Å². The maximum atomic E-state index is 12.9. The number of nitrogens with one attached hydrogen (secondary N) is 1. The topological polar surface area (TPSA) is 61.9 Å². The quantitative estimate of drug-likeness (QED) is 0.682. The zero-order chi connectivity index (χ0) is 22.2. The molecule has 0 aromatic heterocycles. The van der Waals surface area contributed by atoms with E-state index < -0.39 is 6.61 Å². The third-order valence-electron chi connectivity index (χ3n) is 4.72. The van der Waals surface area contributed by atoms with Crippen LogP contribution >= 0.6 is 0 Å². The monoisotopic (exact) mass is 433 g/mol. The van der Waals surface area contributed by atoms with Crippen LogP contribution in [0.3, 0.4) is 0 Å². The van der Waals surface area contributed by atoms with Gasteiger partial charge in [-0.05, 0) is 36.4 Å². The minimum atomic E-state index is -2.95. The number of alkyl halides is 2. The number of nitrogens with zero attached hydrogens (tertiary/aromatic N) is 2. The number of amides is 2. The van der Waals surface area contributed by atoms with Crippen molar-refractivity contribution in [1.82, 2.24) is 9.80 Å². The van der Waals surface area contributed by atoms with Gasteiger partial charge in [0.05, 0.1) is 6.54 Å². The molecular weight excluding hydrogens is 411 g/mol. The van der Waals surface area contributed by atoms with Gasteiger partial charge in [-0.2, -0.15) is 8.78 Å². The average Bonchev–Trinajstić information content (AvgIpc) is 2.74. The maximum absolute atomic E-state index is 12.9. The normalized spacial score (nSPS) is 14.8. The molecule has 1 N–H and O–H groups in total. The van der Waals surface area contributed by atoms with Gasteiger partial charge in [0.1, 0.15) is 11.6 Å². The van der Waals surface area contributed by atoms with E-state index in [1.165, 1.54) is 42.5 Å². The number of rotatable bonds is 7. The summed E-state index contributed by atoms with van der Waals surface area (Å²) in [5.41, 5.74) is 0.897. The number of anilines is 1. The molecule has 0 radical (unpaired) electrons. The summed E-state index contributed by atoms with van der Waals surface area (Å²) in [5.74, 6) is -0.847. The van der Waals surface area contributed by atoms with Crippen LogP contribution in [-0.4, -0.2) is 60.9 Å². The van der Waals surface area contributed by atoms with Crippen molar-refractivity contribution in [1.29, 1.82) is 0 Å². The minimum absolute atomic E-state index is 0.00136. The van der Waals surface area contributed by atoms with Crippen LogP contribution < -0.4 is 10.1 Å². The molecular formula is C22H22F3N3O3. The molecule has 1 aliphatic heterocycles. The summed E-state index contributed by atoms with van der Waals surface area (Å²) in [4.78, 5) is 28.1. The zero-order valence-corrected chi connectivity index (χ0v) is 16.6. The molecule has 9 heteroatoms. The Kier molecular flexibility index (Phi) is 7.66. The Balaban J connectivity index is 1.47. The maximum Gasteiger partial charge on any atom is 0.387 e. The number of carbonyl (C=O) groups excluding carboxylic acids is 2. The fraction of sp³-hybridized carbons (Fsp3) is 0.273. The van der Waals surface area contributed by atoms with Crippen LogP contribution in [0.2, 0.25) is 0 Å².